The smallest absolute Gasteiger partial charge is 0.231 e. The number of hydrogen-bond donors (Lipinski definition) is 0. The highest BCUT2D eigenvalue weighted by molar-refractivity contribution is 7.92. The minimum Gasteiger partial charge on any atom is -0.315 e. The number of rotatable bonds is 5. The molecule has 2 rings (SSSR count). The molecule has 0 bridgehead atoms. The molecule has 1 aromatic heterocycles. The topological polar surface area (TPSA) is 57.7 Å². The van der Waals surface area contributed by atoms with E-state index in [4.69, 9.17) is 0 Å². The van der Waals surface area contributed by atoms with E-state index in [1.807, 2.05) is 17.5 Å². The van der Waals surface area contributed by atoms with Crippen LogP contribution in [0.2, 0.25) is 0 Å². The van der Waals surface area contributed by atoms with E-state index in [9.17, 15) is 13.2 Å². The van der Waals surface area contributed by atoms with Crippen LogP contribution in [0.25, 0.3) is 0 Å². The van der Waals surface area contributed by atoms with E-state index >= 15 is 0 Å². The molecule has 1 aromatic carbocycles. The zero-order valence-electron chi connectivity index (χ0n) is 12.7. The summed E-state index contributed by atoms with van der Waals surface area (Å²) < 4.78 is 24.2. The van der Waals surface area contributed by atoms with Gasteiger partial charge in [-0.05, 0) is 35.7 Å². The SMILES string of the molecule is CN(C(=O)Cc1cccs1)c1ccc(N(C)S(C)(=O)=O)cc1. The molecule has 0 saturated heterocycles. The molecule has 0 fully saturated rings. The van der Waals surface area contributed by atoms with Crippen molar-refractivity contribution in [2.75, 3.05) is 29.6 Å². The maximum Gasteiger partial charge on any atom is 0.231 e. The Morgan fingerprint density at radius 2 is 1.68 bits per heavy atom. The largest absolute Gasteiger partial charge is 0.315 e. The third kappa shape index (κ3) is 3.86. The van der Waals surface area contributed by atoms with Gasteiger partial charge in [0.1, 0.15) is 0 Å². The van der Waals surface area contributed by atoms with Crippen molar-refractivity contribution in [2.45, 2.75) is 6.42 Å². The summed E-state index contributed by atoms with van der Waals surface area (Å²) in [6.07, 6.45) is 1.51. The van der Waals surface area contributed by atoms with E-state index in [-0.39, 0.29) is 5.91 Å². The number of hydrogen-bond acceptors (Lipinski definition) is 4. The molecule has 0 spiro atoms. The van der Waals surface area contributed by atoms with E-state index in [0.717, 1.165) is 16.8 Å². The Morgan fingerprint density at radius 3 is 2.18 bits per heavy atom. The zero-order valence-corrected chi connectivity index (χ0v) is 14.3. The van der Waals surface area contributed by atoms with Crippen LogP contribution in [0.4, 0.5) is 11.4 Å². The molecule has 2 aromatic rings. The fourth-order valence-electron chi connectivity index (χ4n) is 1.90. The number of nitrogens with zero attached hydrogens (tertiary/aromatic N) is 2. The molecule has 0 aliphatic rings. The highest BCUT2D eigenvalue weighted by Crippen LogP contribution is 2.21. The normalized spacial score (nSPS) is 11.2. The lowest BCUT2D eigenvalue weighted by molar-refractivity contribution is -0.117. The molecular weight excluding hydrogens is 320 g/mol. The molecule has 5 nitrogen and oxygen atoms in total. The lowest BCUT2D eigenvalue weighted by Crippen LogP contribution is -2.28. The van der Waals surface area contributed by atoms with E-state index in [1.165, 1.54) is 11.4 Å². The van der Waals surface area contributed by atoms with Gasteiger partial charge in [-0.2, -0.15) is 0 Å². The lowest BCUT2D eigenvalue weighted by atomic mass is 10.2. The molecule has 0 N–H and O–H groups in total. The number of sulfonamides is 1. The van der Waals surface area contributed by atoms with Crippen LogP contribution < -0.4 is 9.21 Å². The van der Waals surface area contributed by atoms with E-state index in [1.54, 1.807) is 47.5 Å². The van der Waals surface area contributed by atoms with Crippen LogP contribution in [0.5, 0.6) is 0 Å². The van der Waals surface area contributed by atoms with Crippen LogP contribution >= 0.6 is 11.3 Å². The van der Waals surface area contributed by atoms with Crippen LogP contribution in [-0.4, -0.2) is 34.7 Å². The quantitative estimate of drug-likeness (QED) is 0.841. The second-order valence-corrected chi connectivity index (χ2v) is 8.00. The summed E-state index contributed by atoms with van der Waals surface area (Å²) in [5, 5.41) is 1.94. The third-order valence-electron chi connectivity index (χ3n) is 3.38. The van der Waals surface area contributed by atoms with Crippen LogP contribution in [0.1, 0.15) is 4.88 Å². The first-order chi connectivity index (χ1) is 10.3. The monoisotopic (exact) mass is 338 g/mol. The van der Waals surface area contributed by atoms with Crippen molar-refractivity contribution in [3.63, 3.8) is 0 Å². The van der Waals surface area contributed by atoms with Crippen molar-refractivity contribution in [3.8, 4) is 0 Å². The predicted octanol–water partition coefficient (Wildman–Crippen LogP) is 2.35. The summed E-state index contributed by atoms with van der Waals surface area (Å²) in [6.45, 7) is 0. The highest BCUT2D eigenvalue weighted by Gasteiger charge is 2.15. The number of anilines is 2. The molecule has 22 heavy (non-hydrogen) atoms. The minimum absolute atomic E-state index is 0.00772. The summed E-state index contributed by atoms with van der Waals surface area (Å²) in [4.78, 5) is 14.8. The molecule has 0 unspecified atom stereocenters. The molecule has 0 aliphatic carbocycles. The third-order valence-corrected chi connectivity index (χ3v) is 5.46. The van der Waals surface area contributed by atoms with Crippen molar-refractivity contribution in [1.29, 1.82) is 0 Å². The van der Waals surface area contributed by atoms with Gasteiger partial charge in [0.25, 0.3) is 0 Å². The van der Waals surface area contributed by atoms with Crippen molar-refractivity contribution in [2.24, 2.45) is 0 Å². The molecule has 118 valence electrons. The van der Waals surface area contributed by atoms with Gasteiger partial charge in [0.15, 0.2) is 0 Å². The molecule has 1 amide bonds. The van der Waals surface area contributed by atoms with Gasteiger partial charge in [0.05, 0.1) is 18.4 Å². The average molecular weight is 338 g/mol. The Kier molecular flexibility index (Phi) is 4.87. The lowest BCUT2D eigenvalue weighted by Gasteiger charge is -2.20. The predicted molar refractivity (Wildman–Crippen MR) is 91.1 cm³/mol. The molecule has 0 radical (unpaired) electrons. The fraction of sp³-hybridized carbons (Fsp3) is 0.267. The van der Waals surface area contributed by atoms with Gasteiger partial charge < -0.3 is 4.90 Å². The van der Waals surface area contributed by atoms with Crippen LogP contribution in [0, 0.1) is 0 Å². The Morgan fingerprint density at radius 1 is 1.09 bits per heavy atom. The van der Waals surface area contributed by atoms with Gasteiger partial charge in [-0.1, -0.05) is 6.07 Å². The zero-order chi connectivity index (χ0) is 16.3. The molecule has 0 atom stereocenters. The maximum absolute atomic E-state index is 12.2. The first-order valence-electron chi connectivity index (χ1n) is 6.62. The minimum atomic E-state index is -3.29. The number of amides is 1. The van der Waals surface area contributed by atoms with Gasteiger partial charge in [-0.25, -0.2) is 8.42 Å². The van der Waals surface area contributed by atoms with Crippen molar-refractivity contribution < 1.29 is 13.2 Å². The fourth-order valence-corrected chi connectivity index (χ4v) is 3.10. The van der Waals surface area contributed by atoms with Gasteiger partial charge in [-0.3, -0.25) is 9.10 Å². The van der Waals surface area contributed by atoms with E-state index < -0.39 is 10.0 Å². The summed E-state index contributed by atoms with van der Waals surface area (Å²) in [7, 11) is -0.0759. The first kappa shape index (κ1) is 16.5. The van der Waals surface area contributed by atoms with Crippen molar-refractivity contribution >= 4 is 38.6 Å². The van der Waals surface area contributed by atoms with E-state index in [2.05, 4.69) is 0 Å². The van der Waals surface area contributed by atoms with Crippen molar-refractivity contribution in [1.82, 2.24) is 0 Å². The summed E-state index contributed by atoms with van der Waals surface area (Å²) in [5.74, 6) is -0.00772. The maximum atomic E-state index is 12.2. The Balaban J connectivity index is 2.11. The molecule has 1 heterocycles. The molecular formula is C15H18N2O3S2. The highest BCUT2D eigenvalue weighted by atomic mass is 32.2. The summed E-state index contributed by atoms with van der Waals surface area (Å²) in [6, 6.07) is 10.7. The van der Waals surface area contributed by atoms with Gasteiger partial charge >= 0.3 is 0 Å². The first-order valence-corrected chi connectivity index (χ1v) is 9.35. The molecule has 0 aliphatic heterocycles. The second kappa shape index (κ2) is 6.50. The molecule has 7 heteroatoms. The van der Waals surface area contributed by atoms with E-state index in [0.29, 0.717) is 12.1 Å². The second-order valence-electron chi connectivity index (χ2n) is 4.96. The van der Waals surface area contributed by atoms with Crippen LogP contribution in [0.3, 0.4) is 0 Å². The standard InChI is InChI=1S/C15H18N2O3S2/c1-16(15(18)11-14-5-4-10-21-14)12-6-8-13(9-7-12)17(2)22(3,19)20/h4-10H,11H2,1-3H3. The van der Waals surface area contributed by atoms with Gasteiger partial charge in [-0.15, -0.1) is 11.3 Å². The number of thiophene rings is 1. The molecule has 0 saturated carbocycles. The Bertz CT molecular complexity index is 738. The van der Waals surface area contributed by atoms with Crippen LogP contribution in [0.15, 0.2) is 41.8 Å². The number of carbonyl (C=O) groups excluding carboxylic acids is 1. The van der Waals surface area contributed by atoms with Gasteiger partial charge in [0, 0.05) is 24.7 Å². The van der Waals surface area contributed by atoms with Crippen molar-refractivity contribution in [3.05, 3.63) is 46.7 Å². The Hall–Kier alpha value is -1.86. The summed E-state index contributed by atoms with van der Waals surface area (Å²) >= 11 is 1.55. The van der Waals surface area contributed by atoms with Crippen LogP contribution in [-0.2, 0) is 21.2 Å². The number of carbonyl (C=O) groups is 1. The van der Waals surface area contributed by atoms with Gasteiger partial charge in [0.2, 0.25) is 15.9 Å². The summed E-state index contributed by atoms with van der Waals surface area (Å²) in [5.41, 5.74) is 1.29. The average Bonchev–Trinajstić information content (AvgIpc) is 2.97. The Labute approximate surface area is 134 Å². The number of benzene rings is 1. The number of likely N-dealkylation sites (N-methyl/N-ethyl adjacent to an activating group) is 1.